The van der Waals surface area contributed by atoms with Crippen LogP contribution in [0.2, 0.25) is 0 Å². The molecule has 0 aromatic heterocycles. The Morgan fingerprint density at radius 1 is 1.56 bits per heavy atom. The smallest absolute Gasteiger partial charge is 0.317 e. The lowest BCUT2D eigenvalue weighted by Crippen LogP contribution is -2.56. The van der Waals surface area contributed by atoms with E-state index in [0.29, 0.717) is 19.7 Å². The van der Waals surface area contributed by atoms with Crippen LogP contribution in [-0.4, -0.2) is 54.3 Å². The third kappa shape index (κ3) is 4.35. The highest BCUT2D eigenvalue weighted by Crippen LogP contribution is 2.21. The van der Waals surface area contributed by atoms with Crippen LogP contribution in [0.25, 0.3) is 0 Å². The number of rotatable bonds is 5. The quantitative estimate of drug-likeness (QED) is 0.836. The van der Waals surface area contributed by atoms with Gasteiger partial charge in [-0.25, -0.2) is 4.79 Å². The van der Waals surface area contributed by atoms with Gasteiger partial charge in [0.25, 0.3) is 0 Å². The van der Waals surface area contributed by atoms with Gasteiger partial charge in [0.05, 0.1) is 18.8 Å². The Balaban J connectivity index is 2.50. The zero-order valence-electron chi connectivity index (χ0n) is 12.0. The molecule has 18 heavy (non-hydrogen) atoms. The van der Waals surface area contributed by atoms with Gasteiger partial charge >= 0.3 is 6.03 Å². The molecule has 0 saturated carbocycles. The van der Waals surface area contributed by atoms with Crippen molar-refractivity contribution in [3.05, 3.63) is 0 Å². The second-order valence-corrected chi connectivity index (χ2v) is 5.99. The van der Waals surface area contributed by atoms with Gasteiger partial charge in [0.15, 0.2) is 0 Å². The van der Waals surface area contributed by atoms with E-state index < -0.39 is 0 Å². The summed E-state index contributed by atoms with van der Waals surface area (Å²) < 4.78 is 5.75. The zero-order chi connectivity index (χ0) is 13.6. The number of carbonyl (C=O) groups is 1. The van der Waals surface area contributed by atoms with Crippen molar-refractivity contribution in [3.8, 4) is 0 Å². The molecule has 0 bridgehead atoms. The van der Waals surface area contributed by atoms with E-state index in [1.54, 1.807) is 11.8 Å². The van der Waals surface area contributed by atoms with E-state index in [9.17, 15) is 4.79 Å². The molecule has 106 valence electrons. The first-order chi connectivity index (χ1) is 8.54. The number of hydrogen-bond acceptors (Lipinski definition) is 3. The summed E-state index contributed by atoms with van der Waals surface area (Å²) in [5.74, 6) is 0.970. The molecule has 1 N–H and O–H groups in total. The molecular formula is C13H26N2O2S. The number of ether oxygens (including phenoxy) is 1. The van der Waals surface area contributed by atoms with E-state index >= 15 is 0 Å². The summed E-state index contributed by atoms with van der Waals surface area (Å²) >= 11 is 1.77. The molecule has 0 aromatic carbocycles. The van der Waals surface area contributed by atoms with Gasteiger partial charge in [-0.3, -0.25) is 0 Å². The molecule has 1 aliphatic rings. The third-order valence-corrected chi connectivity index (χ3v) is 4.30. The minimum absolute atomic E-state index is 0.0545. The van der Waals surface area contributed by atoms with E-state index in [1.807, 2.05) is 4.90 Å². The predicted octanol–water partition coefficient (Wildman–Crippen LogP) is 2.34. The summed E-state index contributed by atoms with van der Waals surface area (Å²) in [5.41, 5.74) is -0.184. The standard InChI is InChI=1S/C13H26N2O2S/c1-5-11(9-18-4)14-12(16)15-7-8-17-13(3,6-2)10-15/h11H,5-10H2,1-4H3,(H,14,16)/t11-,13+/m1/s1. The average Bonchev–Trinajstić information content (AvgIpc) is 2.38. The van der Waals surface area contributed by atoms with Crippen molar-refractivity contribution in [2.24, 2.45) is 0 Å². The Bertz CT molecular complexity index is 276. The number of morpholine rings is 1. The van der Waals surface area contributed by atoms with E-state index in [1.165, 1.54) is 0 Å². The van der Waals surface area contributed by atoms with Gasteiger partial charge in [0.2, 0.25) is 0 Å². The molecule has 1 fully saturated rings. The number of amides is 2. The molecule has 2 atom stereocenters. The van der Waals surface area contributed by atoms with Crippen molar-refractivity contribution in [1.29, 1.82) is 0 Å². The van der Waals surface area contributed by atoms with Crippen LogP contribution < -0.4 is 5.32 Å². The lowest BCUT2D eigenvalue weighted by molar-refractivity contribution is -0.0874. The van der Waals surface area contributed by atoms with E-state index in [2.05, 4.69) is 32.3 Å². The molecule has 2 amide bonds. The molecule has 0 radical (unpaired) electrons. The Morgan fingerprint density at radius 2 is 2.28 bits per heavy atom. The van der Waals surface area contributed by atoms with Crippen LogP contribution >= 0.6 is 11.8 Å². The summed E-state index contributed by atoms with van der Waals surface area (Å²) in [6.45, 7) is 8.30. The fraction of sp³-hybridized carbons (Fsp3) is 0.923. The number of urea groups is 1. The van der Waals surface area contributed by atoms with Crippen molar-refractivity contribution in [2.45, 2.75) is 45.3 Å². The largest absolute Gasteiger partial charge is 0.372 e. The summed E-state index contributed by atoms with van der Waals surface area (Å²) in [5, 5.41) is 3.11. The van der Waals surface area contributed by atoms with Crippen molar-refractivity contribution in [2.75, 3.05) is 31.7 Å². The van der Waals surface area contributed by atoms with E-state index in [4.69, 9.17) is 4.74 Å². The Morgan fingerprint density at radius 3 is 2.83 bits per heavy atom. The molecular weight excluding hydrogens is 248 g/mol. The van der Waals surface area contributed by atoms with Crippen LogP contribution in [0.3, 0.4) is 0 Å². The van der Waals surface area contributed by atoms with Crippen LogP contribution in [0.1, 0.15) is 33.6 Å². The fourth-order valence-electron chi connectivity index (χ4n) is 2.05. The number of nitrogens with one attached hydrogen (secondary N) is 1. The first-order valence-corrected chi connectivity index (χ1v) is 8.12. The summed E-state index contributed by atoms with van der Waals surface area (Å²) in [6, 6.07) is 0.321. The van der Waals surface area contributed by atoms with Gasteiger partial charge in [-0.1, -0.05) is 13.8 Å². The van der Waals surface area contributed by atoms with Crippen molar-refractivity contribution >= 4 is 17.8 Å². The van der Waals surface area contributed by atoms with Gasteiger partial charge in [0.1, 0.15) is 0 Å². The number of hydrogen-bond donors (Lipinski definition) is 1. The van der Waals surface area contributed by atoms with Gasteiger partial charge in [-0.2, -0.15) is 11.8 Å². The monoisotopic (exact) mass is 274 g/mol. The van der Waals surface area contributed by atoms with Gasteiger partial charge in [-0.15, -0.1) is 0 Å². The maximum absolute atomic E-state index is 12.2. The van der Waals surface area contributed by atoms with Crippen LogP contribution in [0.15, 0.2) is 0 Å². The second-order valence-electron chi connectivity index (χ2n) is 5.08. The van der Waals surface area contributed by atoms with Crippen molar-refractivity contribution in [3.63, 3.8) is 0 Å². The molecule has 0 unspecified atom stereocenters. The first kappa shape index (κ1) is 15.6. The van der Waals surface area contributed by atoms with Gasteiger partial charge < -0.3 is 15.0 Å². The minimum atomic E-state index is -0.184. The van der Waals surface area contributed by atoms with E-state index in [0.717, 1.165) is 18.6 Å². The molecule has 5 heteroatoms. The molecule has 0 aromatic rings. The first-order valence-electron chi connectivity index (χ1n) is 6.73. The maximum Gasteiger partial charge on any atom is 0.317 e. The van der Waals surface area contributed by atoms with Gasteiger partial charge in [-0.05, 0) is 26.0 Å². The number of carbonyl (C=O) groups excluding carboxylic acids is 1. The normalized spacial score (nSPS) is 25.9. The summed E-state index contributed by atoms with van der Waals surface area (Å²) in [6.07, 6.45) is 3.97. The molecule has 4 nitrogen and oxygen atoms in total. The molecule has 1 saturated heterocycles. The Hall–Kier alpha value is -0.420. The minimum Gasteiger partial charge on any atom is -0.372 e. The Kier molecular flexibility index (Phi) is 6.29. The molecule has 1 rings (SSSR count). The predicted molar refractivity (Wildman–Crippen MR) is 77.2 cm³/mol. The van der Waals surface area contributed by atoms with Crippen LogP contribution in [0, 0.1) is 0 Å². The van der Waals surface area contributed by atoms with Crippen molar-refractivity contribution in [1.82, 2.24) is 10.2 Å². The highest BCUT2D eigenvalue weighted by molar-refractivity contribution is 7.98. The topological polar surface area (TPSA) is 41.6 Å². The average molecular weight is 274 g/mol. The molecule has 1 aliphatic heterocycles. The maximum atomic E-state index is 12.2. The van der Waals surface area contributed by atoms with Crippen LogP contribution in [0.4, 0.5) is 4.79 Å². The number of nitrogens with zero attached hydrogens (tertiary/aromatic N) is 1. The lowest BCUT2D eigenvalue weighted by atomic mass is 10.0. The number of thioether (sulfide) groups is 1. The van der Waals surface area contributed by atoms with Crippen molar-refractivity contribution < 1.29 is 9.53 Å². The lowest BCUT2D eigenvalue weighted by Gasteiger charge is -2.40. The molecule has 0 spiro atoms. The zero-order valence-corrected chi connectivity index (χ0v) is 12.8. The highest BCUT2D eigenvalue weighted by Gasteiger charge is 2.32. The molecule has 0 aliphatic carbocycles. The van der Waals surface area contributed by atoms with Crippen LogP contribution in [0.5, 0.6) is 0 Å². The second kappa shape index (κ2) is 7.24. The highest BCUT2D eigenvalue weighted by atomic mass is 32.2. The Labute approximate surface area is 115 Å². The van der Waals surface area contributed by atoms with Gasteiger partial charge in [0, 0.05) is 18.3 Å². The summed E-state index contributed by atoms with van der Waals surface area (Å²) in [7, 11) is 0. The van der Waals surface area contributed by atoms with Crippen LogP contribution in [-0.2, 0) is 4.74 Å². The molecule has 1 heterocycles. The van der Waals surface area contributed by atoms with E-state index in [-0.39, 0.29) is 17.7 Å². The SMILES string of the molecule is CC[C@H](CSC)NC(=O)N1CCO[C@@](C)(CC)C1. The fourth-order valence-corrected chi connectivity index (χ4v) is 2.77. The summed E-state index contributed by atoms with van der Waals surface area (Å²) in [4.78, 5) is 14.1. The third-order valence-electron chi connectivity index (χ3n) is 3.56.